The Bertz CT molecular complexity index is 1150. The molecule has 206 valence electrons. The first kappa shape index (κ1) is 29.4. The number of nitrogens with zero attached hydrogens (tertiary/aromatic N) is 2. The van der Waals surface area contributed by atoms with Crippen LogP contribution in [-0.2, 0) is 16.0 Å². The number of amides is 2. The lowest BCUT2D eigenvalue weighted by Crippen LogP contribution is -2.46. The summed E-state index contributed by atoms with van der Waals surface area (Å²) in [4.78, 5) is 45.8. The zero-order chi connectivity index (χ0) is 28.0. The van der Waals surface area contributed by atoms with Crippen LogP contribution in [0.1, 0.15) is 73.7 Å². The van der Waals surface area contributed by atoms with Gasteiger partial charge in [0.2, 0.25) is 5.91 Å². The number of methoxy groups -OCH3 is 1. The van der Waals surface area contributed by atoms with Crippen LogP contribution in [0.2, 0.25) is 5.02 Å². The fraction of sp³-hybridized carbons (Fsp3) is 0.500. The molecule has 1 aromatic heterocycles. The minimum absolute atomic E-state index is 0.0198. The van der Waals surface area contributed by atoms with Crippen molar-refractivity contribution in [1.82, 2.24) is 15.2 Å². The molecule has 1 fully saturated rings. The van der Waals surface area contributed by atoms with Gasteiger partial charge >= 0.3 is 5.97 Å². The van der Waals surface area contributed by atoms with Crippen molar-refractivity contribution in [2.75, 3.05) is 25.5 Å². The first-order valence-corrected chi connectivity index (χ1v) is 13.1. The van der Waals surface area contributed by atoms with E-state index in [1.54, 1.807) is 32.9 Å². The van der Waals surface area contributed by atoms with Gasteiger partial charge in [-0.15, -0.1) is 0 Å². The maximum absolute atomic E-state index is 13.6. The smallest absolute Gasteiger partial charge is 0.338 e. The number of rotatable bonds is 8. The number of nitrogens with one attached hydrogen (secondary N) is 2. The third-order valence-electron chi connectivity index (χ3n) is 6.24. The number of anilines is 1. The predicted octanol–water partition coefficient (Wildman–Crippen LogP) is 4.48. The molecular formula is C28H37ClN4O5. The highest BCUT2D eigenvalue weighted by Gasteiger charge is 2.27. The van der Waals surface area contributed by atoms with Crippen LogP contribution in [0.4, 0.5) is 5.82 Å². The average Bonchev–Trinajstić information content (AvgIpc) is 2.84. The van der Waals surface area contributed by atoms with Crippen molar-refractivity contribution in [2.45, 2.75) is 71.6 Å². The van der Waals surface area contributed by atoms with E-state index in [9.17, 15) is 14.4 Å². The summed E-state index contributed by atoms with van der Waals surface area (Å²) in [5, 5.41) is 6.25. The summed E-state index contributed by atoms with van der Waals surface area (Å²) in [6.07, 6.45) is 2.88. The third-order valence-corrected chi connectivity index (χ3v) is 6.46. The summed E-state index contributed by atoms with van der Waals surface area (Å²) in [6, 6.07) is 6.59. The van der Waals surface area contributed by atoms with E-state index in [1.165, 1.54) is 25.4 Å². The maximum Gasteiger partial charge on any atom is 0.338 e. The lowest BCUT2D eigenvalue weighted by atomic mass is 9.97. The largest absolute Gasteiger partial charge is 0.496 e. The molecule has 10 heteroatoms. The summed E-state index contributed by atoms with van der Waals surface area (Å²) < 4.78 is 11.1. The number of carbonyl (C=O) groups is 3. The molecule has 0 bridgehead atoms. The highest BCUT2D eigenvalue weighted by atomic mass is 35.5. The minimum Gasteiger partial charge on any atom is -0.496 e. The molecule has 9 nitrogen and oxygen atoms in total. The molecule has 1 aliphatic rings. The fourth-order valence-electron chi connectivity index (χ4n) is 4.29. The van der Waals surface area contributed by atoms with Gasteiger partial charge in [-0.3, -0.25) is 9.59 Å². The van der Waals surface area contributed by atoms with E-state index in [1.807, 2.05) is 0 Å². The molecule has 1 aromatic carbocycles. The van der Waals surface area contributed by atoms with Gasteiger partial charge in [0, 0.05) is 42.5 Å². The standard InChI is InChI=1S/C28H37ClN4O5/c1-17(2)33-11-9-20(10-12-33)31-26(35)22-13-18(27(36)38-28(3,4)5)14-23(37-6)21(22)15-25(34)32-24-8-7-19(29)16-30-24/h7-8,13-14,16-17,20H,9-12,15H2,1-6H3,(H,31,35)(H,30,32,34). The number of likely N-dealkylation sites (tertiary alicyclic amines) is 1. The van der Waals surface area contributed by atoms with Crippen LogP contribution in [0.25, 0.3) is 0 Å². The van der Waals surface area contributed by atoms with E-state index in [0.717, 1.165) is 25.9 Å². The molecule has 0 unspecified atom stereocenters. The van der Waals surface area contributed by atoms with E-state index < -0.39 is 17.5 Å². The molecule has 2 amide bonds. The predicted molar refractivity (Wildman–Crippen MR) is 147 cm³/mol. The Hall–Kier alpha value is -3.17. The molecular weight excluding hydrogens is 508 g/mol. The summed E-state index contributed by atoms with van der Waals surface area (Å²) in [5.74, 6) is -0.790. The number of benzene rings is 1. The molecule has 2 N–H and O–H groups in total. The molecule has 0 saturated carbocycles. The van der Waals surface area contributed by atoms with Gasteiger partial charge in [0.25, 0.3) is 5.91 Å². The zero-order valence-corrected chi connectivity index (χ0v) is 23.6. The van der Waals surface area contributed by atoms with Gasteiger partial charge in [0.05, 0.1) is 24.1 Å². The minimum atomic E-state index is -0.721. The van der Waals surface area contributed by atoms with Gasteiger partial charge < -0.3 is 25.0 Å². The second-order valence-electron chi connectivity index (χ2n) is 10.7. The molecule has 1 saturated heterocycles. The molecule has 38 heavy (non-hydrogen) atoms. The van der Waals surface area contributed by atoms with Crippen LogP contribution < -0.4 is 15.4 Å². The molecule has 0 radical (unpaired) electrons. The van der Waals surface area contributed by atoms with Crippen LogP contribution >= 0.6 is 11.6 Å². The van der Waals surface area contributed by atoms with Crippen molar-refractivity contribution in [2.24, 2.45) is 0 Å². The SMILES string of the molecule is COc1cc(C(=O)OC(C)(C)C)cc(C(=O)NC2CCN(C(C)C)CC2)c1CC(=O)Nc1ccc(Cl)cn1. The van der Waals surface area contributed by atoms with Gasteiger partial charge in [-0.25, -0.2) is 9.78 Å². The van der Waals surface area contributed by atoms with Crippen molar-refractivity contribution in [3.8, 4) is 5.75 Å². The number of esters is 1. The second kappa shape index (κ2) is 12.6. The van der Waals surface area contributed by atoms with E-state index in [0.29, 0.717) is 22.4 Å². The molecule has 1 aliphatic heterocycles. The number of hydrogen-bond donors (Lipinski definition) is 2. The Kier molecular flexibility index (Phi) is 9.73. The topological polar surface area (TPSA) is 110 Å². The van der Waals surface area contributed by atoms with Gasteiger partial charge in [0.1, 0.15) is 17.2 Å². The number of ether oxygens (including phenoxy) is 2. The van der Waals surface area contributed by atoms with Crippen LogP contribution in [0.15, 0.2) is 30.5 Å². The normalized spacial score (nSPS) is 14.7. The van der Waals surface area contributed by atoms with E-state index >= 15 is 0 Å². The Morgan fingerprint density at radius 3 is 2.39 bits per heavy atom. The number of aromatic nitrogens is 1. The van der Waals surface area contributed by atoms with E-state index in [4.69, 9.17) is 21.1 Å². The zero-order valence-electron chi connectivity index (χ0n) is 22.9. The number of pyridine rings is 1. The molecule has 0 atom stereocenters. The van der Waals surface area contributed by atoms with Gasteiger partial charge in [-0.1, -0.05) is 11.6 Å². The first-order chi connectivity index (χ1) is 17.9. The lowest BCUT2D eigenvalue weighted by Gasteiger charge is -2.35. The second-order valence-corrected chi connectivity index (χ2v) is 11.1. The van der Waals surface area contributed by atoms with Crippen molar-refractivity contribution in [3.05, 3.63) is 52.2 Å². The van der Waals surface area contributed by atoms with Crippen molar-refractivity contribution >= 4 is 35.2 Å². The molecule has 2 aromatic rings. The lowest BCUT2D eigenvalue weighted by molar-refractivity contribution is -0.115. The maximum atomic E-state index is 13.6. The summed E-state index contributed by atoms with van der Waals surface area (Å²) in [5.41, 5.74) is 0.000495. The third kappa shape index (κ3) is 8.16. The Morgan fingerprint density at radius 1 is 1.16 bits per heavy atom. The molecule has 0 aliphatic carbocycles. The average molecular weight is 545 g/mol. The Morgan fingerprint density at radius 2 is 1.84 bits per heavy atom. The van der Waals surface area contributed by atoms with Gasteiger partial charge in [-0.05, 0) is 71.7 Å². The molecule has 3 rings (SSSR count). The van der Waals surface area contributed by atoms with Crippen LogP contribution in [0.5, 0.6) is 5.75 Å². The van der Waals surface area contributed by atoms with Crippen molar-refractivity contribution < 1.29 is 23.9 Å². The molecule has 0 spiro atoms. The van der Waals surface area contributed by atoms with Crippen LogP contribution in [0.3, 0.4) is 0 Å². The monoisotopic (exact) mass is 544 g/mol. The van der Waals surface area contributed by atoms with Crippen molar-refractivity contribution in [1.29, 1.82) is 0 Å². The highest BCUT2D eigenvalue weighted by Crippen LogP contribution is 2.28. The van der Waals surface area contributed by atoms with E-state index in [2.05, 4.69) is 34.4 Å². The number of carbonyl (C=O) groups excluding carboxylic acids is 3. The number of halogens is 1. The fourth-order valence-corrected chi connectivity index (χ4v) is 4.40. The number of piperidine rings is 1. The van der Waals surface area contributed by atoms with Crippen molar-refractivity contribution in [3.63, 3.8) is 0 Å². The van der Waals surface area contributed by atoms with Gasteiger partial charge in [-0.2, -0.15) is 0 Å². The Labute approximate surface area is 229 Å². The van der Waals surface area contributed by atoms with Gasteiger partial charge in [0.15, 0.2) is 0 Å². The van der Waals surface area contributed by atoms with Crippen LogP contribution in [-0.4, -0.2) is 65.6 Å². The summed E-state index contributed by atoms with van der Waals surface area (Å²) in [6.45, 7) is 11.4. The number of hydrogen-bond acceptors (Lipinski definition) is 7. The Balaban J connectivity index is 1.90. The van der Waals surface area contributed by atoms with Crippen LogP contribution in [0, 0.1) is 0 Å². The quantitative estimate of drug-likeness (QED) is 0.471. The summed E-state index contributed by atoms with van der Waals surface area (Å²) in [7, 11) is 1.43. The van der Waals surface area contributed by atoms with E-state index in [-0.39, 0.29) is 35.2 Å². The summed E-state index contributed by atoms with van der Waals surface area (Å²) >= 11 is 5.88. The molecule has 2 heterocycles. The highest BCUT2D eigenvalue weighted by molar-refractivity contribution is 6.30. The first-order valence-electron chi connectivity index (χ1n) is 12.8.